The fourth-order valence-corrected chi connectivity index (χ4v) is 1.35. The Morgan fingerprint density at radius 3 is 2.42 bits per heavy atom. The Morgan fingerprint density at radius 2 is 1.92 bits per heavy atom. The van der Waals surface area contributed by atoms with Crippen molar-refractivity contribution in [3.05, 3.63) is 0 Å². The van der Waals surface area contributed by atoms with Crippen molar-refractivity contribution >= 4 is 45.6 Å². The summed E-state index contributed by atoms with van der Waals surface area (Å²) in [6, 6.07) is 0. The summed E-state index contributed by atoms with van der Waals surface area (Å²) in [6.45, 7) is 0.826. The van der Waals surface area contributed by atoms with Gasteiger partial charge in [0.05, 0.1) is 0 Å². The van der Waals surface area contributed by atoms with Gasteiger partial charge in [-0.25, -0.2) is 0 Å². The lowest BCUT2D eigenvalue weighted by molar-refractivity contribution is 0.944. The van der Waals surface area contributed by atoms with Crippen molar-refractivity contribution in [2.24, 2.45) is 0 Å². The van der Waals surface area contributed by atoms with Gasteiger partial charge in [0.15, 0.2) is 5.11 Å². The molecule has 0 aromatic heterocycles. The molecule has 6 heteroatoms. The van der Waals surface area contributed by atoms with Gasteiger partial charge in [0.1, 0.15) is 4.32 Å². The minimum Gasteiger partial charge on any atom is -0.374 e. The molecule has 0 aliphatic heterocycles. The minimum absolute atomic E-state index is 0.672. The van der Waals surface area contributed by atoms with E-state index in [1.54, 1.807) is 18.8 Å². The van der Waals surface area contributed by atoms with Crippen LogP contribution in [0.15, 0.2) is 0 Å². The highest BCUT2D eigenvalue weighted by molar-refractivity contribution is 8.22. The summed E-state index contributed by atoms with van der Waals surface area (Å²) >= 11 is 11.4. The molecule has 0 saturated heterocycles. The van der Waals surface area contributed by atoms with Gasteiger partial charge in [0.25, 0.3) is 0 Å². The Balaban J connectivity index is 3.21. The van der Waals surface area contributed by atoms with Crippen LogP contribution < -0.4 is 16.0 Å². The van der Waals surface area contributed by atoms with E-state index in [2.05, 4.69) is 16.0 Å². The average molecular weight is 223 g/mol. The highest BCUT2D eigenvalue weighted by atomic mass is 32.2. The van der Waals surface area contributed by atoms with Crippen LogP contribution >= 0.6 is 36.2 Å². The second kappa shape index (κ2) is 7.57. The maximum atomic E-state index is 4.94. The molecule has 0 heterocycles. The van der Waals surface area contributed by atoms with Crippen LogP contribution in [0.2, 0.25) is 0 Å². The monoisotopic (exact) mass is 223 g/mol. The lowest BCUT2D eigenvalue weighted by Gasteiger charge is -2.06. The molecule has 0 aromatic carbocycles. The number of hydrogen-bond acceptors (Lipinski definition) is 3. The molecule has 0 amide bonds. The summed E-state index contributed by atoms with van der Waals surface area (Å²) in [7, 11) is 3.61. The quantitative estimate of drug-likeness (QED) is 0.472. The zero-order valence-corrected chi connectivity index (χ0v) is 9.59. The van der Waals surface area contributed by atoms with E-state index >= 15 is 0 Å². The van der Waals surface area contributed by atoms with Crippen LogP contribution in [-0.2, 0) is 0 Å². The predicted octanol–water partition coefficient (Wildman–Crippen LogP) is 0.318. The van der Waals surface area contributed by atoms with Crippen molar-refractivity contribution < 1.29 is 0 Å². The van der Waals surface area contributed by atoms with E-state index < -0.39 is 0 Å². The Bertz CT molecular complexity index is 142. The van der Waals surface area contributed by atoms with Gasteiger partial charge in [0, 0.05) is 26.4 Å². The minimum atomic E-state index is 0.672. The summed E-state index contributed by atoms with van der Waals surface area (Å²) in [6.07, 6.45) is 0. The van der Waals surface area contributed by atoms with E-state index in [4.69, 9.17) is 24.4 Å². The Morgan fingerprint density at radius 1 is 1.25 bits per heavy atom. The van der Waals surface area contributed by atoms with E-state index in [0.717, 1.165) is 16.6 Å². The lowest BCUT2D eigenvalue weighted by Crippen LogP contribution is -2.34. The summed E-state index contributed by atoms with van der Waals surface area (Å²) < 4.78 is 0.812. The maximum Gasteiger partial charge on any atom is 0.166 e. The number of thioether (sulfide) groups is 1. The highest BCUT2D eigenvalue weighted by Gasteiger charge is 1.94. The molecule has 0 saturated carbocycles. The maximum absolute atomic E-state index is 4.94. The third-order valence-electron chi connectivity index (χ3n) is 1.05. The second-order valence-corrected chi connectivity index (χ2v) is 4.07. The van der Waals surface area contributed by atoms with Crippen LogP contribution in [-0.4, -0.2) is 35.8 Å². The van der Waals surface area contributed by atoms with Crippen molar-refractivity contribution in [1.82, 2.24) is 16.0 Å². The third kappa shape index (κ3) is 6.63. The van der Waals surface area contributed by atoms with Gasteiger partial charge in [-0.1, -0.05) is 24.0 Å². The molecular weight excluding hydrogens is 210 g/mol. The topological polar surface area (TPSA) is 36.1 Å². The molecule has 3 nitrogen and oxygen atoms in total. The van der Waals surface area contributed by atoms with Crippen molar-refractivity contribution in [3.63, 3.8) is 0 Å². The highest BCUT2D eigenvalue weighted by Crippen LogP contribution is 1.98. The largest absolute Gasteiger partial charge is 0.374 e. The zero-order chi connectivity index (χ0) is 9.40. The van der Waals surface area contributed by atoms with Gasteiger partial charge in [0.2, 0.25) is 0 Å². The van der Waals surface area contributed by atoms with Gasteiger partial charge in [-0.15, -0.1) is 0 Å². The lowest BCUT2D eigenvalue weighted by atomic mass is 10.7. The van der Waals surface area contributed by atoms with Crippen molar-refractivity contribution in [2.45, 2.75) is 0 Å². The average Bonchev–Trinajstić information content (AvgIpc) is 2.11. The van der Waals surface area contributed by atoms with Crippen LogP contribution in [0.3, 0.4) is 0 Å². The summed E-state index contributed by atoms with van der Waals surface area (Å²) in [5, 5.41) is 9.41. The molecule has 12 heavy (non-hydrogen) atoms. The summed E-state index contributed by atoms with van der Waals surface area (Å²) in [4.78, 5) is 0. The summed E-state index contributed by atoms with van der Waals surface area (Å²) in [5.74, 6) is 0.918. The van der Waals surface area contributed by atoms with E-state index in [-0.39, 0.29) is 0 Å². The Hall–Kier alpha value is -0.0700. The molecule has 0 radical (unpaired) electrons. The zero-order valence-electron chi connectivity index (χ0n) is 7.14. The van der Waals surface area contributed by atoms with Crippen molar-refractivity contribution in [1.29, 1.82) is 0 Å². The number of thiocarbonyl (C=S) groups is 2. The van der Waals surface area contributed by atoms with Gasteiger partial charge >= 0.3 is 0 Å². The Labute approximate surface area is 88.1 Å². The Kier molecular flexibility index (Phi) is 7.53. The van der Waals surface area contributed by atoms with Crippen LogP contribution in [0.5, 0.6) is 0 Å². The number of hydrogen-bond donors (Lipinski definition) is 3. The first kappa shape index (κ1) is 11.9. The van der Waals surface area contributed by atoms with Crippen LogP contribution in [0, 0.1) is 0 Å². The molecule has 0 aromatic rings. The number of rotatable bonds is 3. The molecule has 0 rings (SSSR count). The summed E-state index contributed by atoms with van der Waals surface area (Å²) in [5.41, 5.74) is 0. The van der Waals surface area contributed by atoms with Gasteiger partial charge < -0.3 is 16.0 Å². The van der Waals surface area contributed by atoms with E-state index in [9.17, 15) is 0 Å². The molecule has 3 N–H and O–H groups in total. The molecule has 0 unspecified atom stereocenters. The first-order valence-corrected chi connectivity index (χ1v) is 5.31. The van der Waals surface area contributed by atoms with Crippen molar-refractivity contribution in [3.8, 4) is 0 Å². The van der Waals surface area contributed by atoms with E-state index in [1.807, 2.05) is 7.05 Å². The molecule has 0 aliphatic rings. The van der Waals surface area contributed by atoms with Crippen LogP contribution in [0.4, 0.5) is 0 Å². The van der Waals surface area contributed by atoms with Crippen LogP contribution in [0.1, 0.15) is 0 Å². The third-order valence-corrected chi connectivity index (χ3v) is 2.83. The fourth-order valence-electron chi connectivity index (χ4n) is 0.469. The van der Waals surface area contributed by atoms with Gasteiger partial charge in [-0.05, 0) is 12.2 Å². The molecule has 0 fully saturated rings. The first-order valence-electron chi connectivity index (χ1n) is 3.50. The fraction of sp³-hybridized carbons (Fsp3) is 0.667. The van der Waals surface area contributed by atoms with Gasteiger partial charge in [-0.2, -0.15) is 0 Å². The molecule has 0 aliphatic carbocycles. The molecule has 0 bridgehead atoms. The molecule has 0 spiro atoms. The normalized spacial score (nSPS) is 8.83. The number of nitrogens with one attached hydrogen (secondary N) is 3. The standard InChI is InChI=1S/C6H13N3S3/c1-7-5(10)9-3-4-12-6(11)8-2/h3-4H2,1-2H3,(H,8,11)(H2,7,9,10). The van der Waals surface area contributed by atoms with E-state index in [0.29, 0.717) is 5.11 Å². The molecule has 0 atom stereocenters. The second-order valence-electron chi connectivity index (χ2n) is 1.89. The van der Waals surface area contributed by atoms with Crippen molar-refractivity contribution in [2.75, 3.05) is 26.4 Å². The van der Waals surface area contributed by atoms with Gasteiger partial charge in [-0.3, -0.25) is 0 Å². The first-order chi connectivity index (χ1) is 5.70. The van der Waals surface area contributed by atoms with E-state index in [1.165, 1.54) is 0 Å². The molecule has 70 valence electrons. The smallest absolute Gasteiger partial charge is 0.166 e. The van der Waals surface area contributed by atoms with Crippen LogP contribution in [0.25, 0.3) is 0 Å². The SMILES string of the molecule is CNC(=S)NCCSC(=S)NC. The predicted molar refractivity (Wildman–Crippen MR) is 63.8 cm³/mol. The molecular formula is C6H13N3S3.